The summed E-state index contributed by atoms with van der Waals surface area (Å²) in [5, 5.41) is 3.11. The summed E-state index contributed by atoms with van der Waals surface area (Å²) < 4.78 is 4.68. The molecule has 0 amide bonds. The van der Waals surface area contributed by atoms with Crippen LogP contribution in [-0.2, 0) is 0 Å². The van der Waals surface area contributed by atoms with E-state index in [9.17, 15) is 0 Å². The van der Waals surface area contributed by atoms with Crippen molar-refractivity contribution >= 4 is 31.6 Å². The first kappa shape index (κ1) is 20.8. The molecule has 136 valence electrons. The second-order valence-electron chi connectivity index (χ2n) is 6.25. The van der Waals surface area contributed by atoms with Gasteiger partial charge >= 0.3 is 135 Å². The fourth-order valence-corrected chi connectivity index (χ4v) is 12.4. The molecule has 0 aliphatic rings. The summed E-state index contributed by atoms with van der Waals surface area (Å²) in [6.07, 6.45) is 0. The molecule has 3 rings (SSSR count). The number of rotatable bonds is 5. The maximum atomic E-state index is 3.11. The van der Waals surface area contributed by atoms with Gasteiger partial charge in [0.25, 0.3) is 0 Å². The van der Waals surface area contributed by atoms with Crippen molar-refractivity contribution < 1.29 is 0 Å². The van der Waals surface area contributed by atoms with E-state index in [-0.39, 0.29) is 0 Å². The average molecular weight is 541 g/mol. The van der Waals surface area contributed by atoms with Crippen LogP contribution in [0.3, 0.4) is 0 Å². The molecule has 26 heavy (non-hydrogen) atoms. The van der Waals surface area contributed by atoms with E-state index in [2.05, 4.69) is 112 Å². The zero-order chi connectivity index (χ0) is 18.8. The maximum absolute atomic E-state index is 3.11. The van der Waals surface area contributed by atoms with Gasteiger partial charge in [-0.1, -0.05) is 13.8 Å². The van der Waals surface area contributed by atoms with Crippen LogP contribution in [0.25, 0.3) is 0 Å². The molecule has 1 N–H and O–H groups in total. The number of benzene rings is 3. The molecule has 0 aromatic heterocycles. The van der Waals surface area contributed by atoms with Crippen molar-refractivity contribution in [3.05, 3.63) is 90.0 Å². The van der Waals surface area contributed by atoms with Gasteiger partial charge in [-0.05, 0) is 13.1 Å². The minimum absolute atomic E-state index is 1.09. The molecule has 1 nitrogen and oxygen atoms in total. The normalized spacial score (nSPS) is 10.3. The molecule has 0 saturated heterocycles. The van der Waals surface area contributed by atoms with E-state index in [0.29, 0.717) is 0 Å². The molecule has 3 aromatic rings. The first-order chi connectivity index (χ1) is 12.7. The number of nitrogens with one attached hydrogen (secondary N) is 1. The van der Waals surface area contributed by atoms with E-state index >= 15 is 0 Å². The SMILES string of the molecule is CCNCC.Cc1cc[c]([Bi]([c]2ccccc2)[c]2ccccc2)c(C)c1. The summed E-state index contributed by atoms with van der Waals surface area (Å²) in [6, 6.07) is 29.1. The van der Waals surface area contributed by atoms with Gasteiger partial charge in [0, 0.05) is 0 Å². The van der Waals surface area contributed by atoms with E-state index in [1.54, 1.807) is 9.81 Å². The Balaban J connectivity index is 0.000000431. The van der Waals surface area contributed by atoms with Crippen molar-refractivity contribution in [2.24, 2.45) is 0 Å². The number of aryl methyl sites for hydroxylation is 2. The van der Waals surface area contributed by atoms with Gasteiger partial charge in [-0.2, -0.15) is 0 Å². The van der Waals surface area contributed by atoms with E-state index in [1.807, 2.05) is 0 Å². The van der Waals surface area contributed by atoms with Crippen molar-refractivity contribution in [2.75, 3.05) is 13.1 Å². The summed E-state index contributed by atoms with van der Waals surface area (Å²) in [6.45, 7) is 10.8. The van der Waals surface area contributed by atoms with Gasteiger partial charge in [0.1, 0.15) is 0 Å². The second-order valence-corrected chi connectivity index (χ2v) is 14.7. The Kier molecular flexibility index (Phi) is 9.02. The number of hydrogen-bond acceptors (Lipinski definition) is 1. The Labute approximate surface area is 167 Å². The van der Waals surface area contributed by atoms with Crippen molar-refractivity contribution in [3.8, 4) is 0 Å². The van der Waals surface area contributed by atoms with Crippen LogP contribution in [0, 0.1) is 13.8 Å². The molecule has 3 aromatic carbocycles. The Morgan fingerprint density at radius 2 is 1.19 bits per heavy atom. The van der Waals surface area contributed by atoms with Crippen molar-refractivity contribution in [1.29, 1.82) is 0 Å². The summed E-state index contributed by atoms with van der Waals surface area (Å²) in [5.74, 6) is 0. The van der Waals surface area contributed by atoms with Gasteiger partial charge in [-0.25, -0.2) is 0 Å². The molecule has 0 saturated carbocycles. The van der Waals surface area contributed by atoms with E-state index in [0.717, 1.165) is 13.1 Å². The Morgan fingerprint density at radius 3 is 1.58 bits per heavy atom. The molecular weight excluding hydrogens is 511 g/mol. The standard InChI is InChI=1S/C8H9.2C6H5.C4H11N.Bi/c1-7-4-3-5-8(2)6-7;2*1-2-4-6-5-3-1;1-3-5-4-2;/h3-4,6H,1-2H3;2*1-5H;5H,3-4H2,1-2H3;. The first-order valence-electron chi connectivity index (χ1n) is 9.35. The minimum atomic E-state index is -2.15. The van der Waals surface area contributed by atoms with Crippen LogP contribution in [0.5, 0.6) is 0 Å². The van der Waals surface area contributed by atoms with Crippen LogP contribution < -0.4 is 15.1 Å². The summed E-state index contributed by atoms with van der Waals surface area (Å²) in [7, 11) is 0. The van der Waals surface area contributed by atoms with Crippen LogP contribution >= 0.6 is 0 Å². The molecule has 0 radical (unpaired) electrons. The average Bonchev–Trinajstić information content (AvgIpc) is 2.67. The number of hydrogen-bond donors (Lipinski definition) is 1. The zero-order valence-corrected chi connectivity index (χ0v) is 19.8. The zero-order valence-electron chi connectivity index (χ0n) is 16.4. The van der Waals surface area contributed by atoms with Crippen LogP contribution in [0.15, 0.2) is 78.9 Å². The van der Waals surface area contributed by atoms with Gasteiger partial charge in [0.2, 0.25) is 0 Å². The molecule has 0 unspecified atom stereocenters. The van der Waals surface area contributed by atoms with Crippen LogP contribution in [0.4, 0.5) is 0 Å². The molecule has 0 aliphatic heterocycles. The molecule has 0 aliphatic carbocycles. The molecule has 0 fully saturated rings. The van der Waals surface area contributed by atoms with Gasteiger partial charge in [-0.15, -0.1) is 0 Å². The summed E-state index contributed by atoms with van der Waals surface area (Å²) in [4.78, 5) is 0. The molecule has 0 heterocycles. The fourth-order valence-electron chi connectivity index (χ4n) is 2.89. The Morgan fingerprint density at radius 1 is 0.692 bits per heavy atom. The molecule has 0 spiro atoms. The summed E-state index contributed by atoms with van der Waals surface area (Å²) in [5.41, 5.74) is 2.79. The predicted molar refractivity (Wildman–Crippen MR) is 118 cm³/mol. The monoisotopic (exact) mass is 541 g/mol. The molecule has 2 heteroatoms. The van der Waals surface area contributed by atoms with E-state index in [4.69, 9.17) is 0 Å². The molecule has 0 atom stereocenters. The van der Waals surface area contributed by atoms with Crippen LogP contribution in [0.1, 0.15) is 25.0 Å². The van der Waals surface area contributed by atoms with Gasteiger partial charge in [-0.3, -0.25) is 0 Å². The quantitative estimate of drug-likeness (QED) is 0.489. The third kappa shape index (κ3) is 6.04. The Bertz CT molecular complexity index is 727. The fraction of sp³-hybridized carbons (Fsp3) is 0.250. The third-order valence-electron chi connectivity index (χ3n) is 4.12. The summed E-state index contributed by atoms with van der Waals surface area (Å²) >= 11 is -2.15. The topological polar surface area (TPSA) is 12.0 Å². The van der Waals surface area contributed by atoms with Gasteiger partial charge in [0.05, 0.1) is 0 Å². The van der Waals surface area contributed by atoms with Crippen molar-refractivity contribution in [3.63, 3.8) is 0 Å². The predicted octanol–water partition coefficient (Wildman–Crippen LogP) is 3.44. The van der Waals surface area contributed by atoms with Crippen molar-refractivity contribution in [1.82, 2.24) is 5.32 Å². The van der Waals surface area contributed by atoms with Gasteiger partial charge in [0.15, 0.2) is 0 Å². The van der Waals surface area contributed by atoms with E-state index in [1.165, 1.54) is 11.1 Å². The van der Waals surface area contributed by atoms with Crippen LogP contribution in [-0.4, -0.2) is 34.8 Å². The van der Waals surface area contributed by atoms with E-state index < -0.39 is 21.8 Å². The Hall–Kier alpha value is -1.50. The van der Waals surface area contributed by atoms with Crippen LogP contribution in [0.2, 0.25) is 0 Å². The molecule has 0 bridgehead atoms. The van der Waals surface area contributed by atoms with Crippen molar-refractivity contribution in [2.45, 2.75) is 27.7 Å². The first-order valence-corrected chi connectivity index (χ1v) is 14.6. The second kappa shape index (κ2) is 11.3. The molecular formula is C24H30BiN. The third-order valence-corrected chi connectivity index (χ3v) is 14.3. The van der Waals surface area contributed by atoms with Gasteiger partial charge < -0.3 is 5.32 Å².